The van der Waals surface area contributed by atoms with E-state index in [2.05, 4.69) is 33.7 Å². The molecular weight excluding hydrogens is 431 g/mol. The summed E-state index contributed by atoms with van der Waals surface area (Å²) in [5.74, 6) is 1.63. The minimum atomic E-state index is -0.271. The average Bonchev–Trinajstić information content (AvgIpc) is 3.44. The molecule has 2 aromatic carbocycles. The molecule has 0 aliphatic carbocycles. The van der Waals surface area contributed by atoms with Gasteiger partial charge in [-0.2, -0.15) is 4.98 Å². The number of aromatic nitrogens is 5. The molecule has 34 heavy (non-hydrogen) atoms. The first-order valence-corrected chi connectivity index (χ1v) is 11.0. The van der Waals surface area contributed by atoms with Crippen molar-refractivity contribution in [2.45, 2.75) is 26.8 Å². The Morgan fingerprint density at radius 1 is 1.00 bits per heavy atom. The Labute approximate surface area is 196 Å². The van der Waals surface area contributed by atoms with Gasteiger partial charge in [0, 0.05) is 17.8 Å². The normalized spacial score (nSPS) is 11.4. The van der Waals surface area contributed by atoms with E-state index in [1.54, 1.807) is 25.6 Å². The zero-order chi connectivity index (χ0) is 23.8. The average molecular weight is 457 g/mol. The maximum Gasteiger partial charge on any atom is 0.240 e. The Morgan fingerprint density at radius 2 is 1.79 bits per heavy atom. The zero-order valence-electron chi connectivity index (χ0n) is 19.5. The maximum atomic E-state index is 13.5. The Bertz CT molecular complexity index is 1470. The van der Waals surface area contributed by atoms with Crippen LogP contribution in [0.4, 0.5) is 15.9 Å². The molecule has 0 saturated heterocycles. The molecule has 8 heteroatoms. The summed E-state index contributed by atoms with van der Waals surface area (Å²) in [6.45, 7) is 6.15. The van der Waals surface area contributed by atoms with Crippen LogP contribution in [-0.2, 0) is 0 Å². The molecule has 0 fully saturated rings. The highest BCUT2D eigenvalue weighted by Crippen LogP contribution is 2.34. The van der Waals surface area contributed by atoms with Gasteiger partial charge >= 0.3 is 0 Å². The van der Waals surface area contributed by atoms with Gasteiger partial charge in [-0.3, -0.25) is 0 Å². The zero-order valence-corrected chi connectivity index (χ0v) is 19.5. The van der Waals surface area contributed by atoms with Crippen LogP contribution >= 0.6 is 0 Å². The largest absolute Gasteiger partial charge is 0.479 e. The Balaban J connectivity index is 1.57. The van der Waals surface area contributed by atoms with Gasteiger partial charge in [-0.05, 0) is 69.3 Å². The molecule has 5 aromatic rings. The standard InChI is InChI=1S/C26H25FN6O/c1-16(2)33-21-7-5-6-20(24(21)31-25(33)18-8-10-19(27)11-9-18)29-23-13-12-22(26(30-23)34-4)32-14-17(3)28-15-32/h5-16H,1-4H3,(H,29,30). The summed E-state index contributed by atoms with van der Waals surface area (Å²) in [5, 5.41) is 3.39. The summed E-state index contributed by atoms with van der Waals surface area (Å²) in [6, 6.07) is 16.4. The molecule has 7 nitrogen and oxygen atoms in total. The number of halogens is 1. The van der Waals surface area contributed by atoms with E-state index in [1.807, 2.05) is 48.0 Å². The second kappa shape index (κ2) is 8.62. The number of aryl methyl sites for hydroxylation is 1. The summed E-state index contributed by atoms with van der Waals surface area (Å²) in [6.07, 6.45) is 3.65. The second-order valence-electron chi connectivity index (χ2n) is 8.35. The number of imidazole rings is 2. The van der Waals surface area contributed by atoms with E-state index in [9.17, 15) is 4.39 Å². The van der Waals surface area contributed by atoms with Crippen LogP contribution in [0, 0.1) is 12.7 Å². The molecule has 0 atom stereocenters. The monoisotopic (exact) mass is 456 g/mol. The smallest absolute Gasteiger partial charge is 0.240 e. The molecule has 0 unspecified atom stereocenters. The first kappa shape index (κ1) is 21.6. The van der Waals surface area contributed by atoms with E-state index < -0.39 is 0 Å². The van der Waals surface area contributed by atoms with E-state index >= 15 is 0 Å². The number of nitrogens with zero attached hydrogens (tertiary/aromatic N) is 5. The van der Waals surface area contributed by atoms with Crippen LogP contribution in [-0.4, -0.2) is 31.2 Å². The molecule has 0 aliphatic rings. The van der Waals surface area contributed by atoms with Gasteiger partial charge < -0.3 is 19.2 Å². The topological polar surface area (TPSA) is 69.8 Å². The highest BCUT2D eigenvalue weighted by atomic mass is 19.1. The van der Waals surface area contributed by atoms with Crippen molar-refractivity contribution in [3.8, 4) is 23.0 Å². The summed E-state index contributed by atoms with van der Waals surface area (Å²) < 4.78 is 23.1. The first-order chi connectivity index (χ1) is 16.4. The fraction of sp³-hybridized carbons (Fsp3) is 0.192. The molecule has 0 amide bonds. The molecule has 1 N–H and O–H groups in total. The molecule has 0 saturated carbocycles. The molecule has 3 aromatic heterocycles. The quantitative estimate of drug-likeness (QED) is 0.336. The van der Waals surface area contributed by atoms with Crippen molar-refractivity contribution in [3.05, 3.63) is 78.6 Å². The van der Waals surface area contributed by atoms with Gasteiger partial charge in [0.25, 0.3) is 0 Å². The van der Waals surface area contributed by atoms with Crippen LogP contribution in [0.15, 0.2) is 67.1 Å². The fourth-order valence-electron chi connectivity index (χ4n) is 4.08. The van der Waals surface area contributed by atoms with Crippen molar-refractivity contribution < 1.29 is 9.13 Å². The van der Waals surface area contributed by atoms with Gasteiger partial charge in [0.15, 0.2) is 0 Å². The third-order valence-corrected chi connectivity index (χ3v) is 5.63. The lowest BCUT2D eigenvalue weighted by Gasteiger charge is -2.14. The Morgan fingerprint density at radius 3 is 2.47 bits per heavy atom. The third kappa shape index (κ3) is 3.87. The van der Waals surface area contributed by atoms with Gasteiger partial charge in [0.1, 0.15) is 28.7 Å². The molecule has 0 radical (unpaired) electrons. The van der Waals surface area contributed by atoms with Crippen LogP contribution < -0.4 is 10.1 Å². The van der Waals surface area contributed by atoms with Crippen molar-refractivity contribution in [1.29, 1.82) is 0 Å². The third-order valence-electron chi connectivity index (χ3n) is 5.63. The van der Waals surface area contributed by atoms with Crippen molar-refractivity contribution in [1.82, 2.24) is 24.1 Å². The molecule has 0 bridgehead atoms. The van der Waals surface area contributed by atoms with Gasteiger partial charge in [-0.25, -0.2) is 14.4 Å². The number of para-hydroxylation sites is 1. The van der Waals surface area contributed by atoms with Gasteiger partial charge in [0.05, 0.1) is 30.3 Å². The predicted octanol–water partition coefficient (Wildman–Crippen LogP) is 6.06. The number of hydrogen-bond acceptors (Lipinski definition) is 5. The van der Waals surface area contributed by atoms with E-state index in [1.165, 1.54) is 12.1 Å². The highest BCUT2D eigenvalue weighted by molar-refractivity contribution is 5.93. The van der Waals surface area contributed by atoms with Crippen LogP contribution in [0.2, 0.25) is 0 Å². The number of benzene rings is 2. The summed E-state index contributed by atoms with van der Waals surface area (Å²) >= 11 is 0. The number of ether oxygens (including phenoxy) is 1. The number of anilines is 2. The fourth-order valence-corrected chi connectivity index (χ4v) is 4.08. The number of pyridine rings is 1. The van der Waals surface area contributed by atoms with Crippen LogP contribution in [0.25, 0.3) is 28.1 Å². The molecule has 0 spiro atoms. The Kier molecular flexibility index (Phi) is 5.49. The lowest BCUT2D eigenvalue weighted by atomic mass is 10.2. The van der Waals surface area contributed by atoms with E-state index in [-0.39, 0.29) is 11.9 Å². The molecule has 3 heterocycles. The summed E-state index contributed by atoms with van der Waals surface area (Å²) in [5.41, 5.74) is 5.18. The van der Waals surface area contributed by atoms with Gasteiger partial charge in [-0.1, -0.05) is 6.07 Å². The Hall–Kier alpha value is -4.20. The van der Waals surface area contributed by atoms with E-state index in [0.29, 0.717) is 11.7 Å². The van der Waals surface area contributed by atoms with Crippen LogP contribution in [0.3, 0.4) is 0 Å². The van der Waals surface area contributed by atoms with Crippen molar-refractivity contribution >= 4 is 22.5 Å². The SMILES string of the molecule is COc1nc(Nc2cccc3c2nc(-c2ccc(F)cc2)n3C(C)C)ccc1-n1cnc(C)c1. The highest BCUT2D eigenvalue weighted by Gasteiger charge is 2.18. The first-order valence-electron chi connectivity index (χ1n) is 11.0. The summed E-state index contributed by atoms with van der Waals surface area (Å²) in [7, 11) is 1.60. The minimum Gasteiger partial charge on any atom is -0.479 e. The van der Waals surface area contributed by atoms with Crippen molar-refractivity contribution in [3.63, 3.8) is 0 Å². The van der Waals surface area contributed by atoms with Gasteiger partial charge in [-0.15, -0.1) is 0 Å². The van der Waals surface area contributed by atoms with Gasteiger partial charge in [0.2, 0.25) is 5.88 Å². The molecule has 0 aliphatic heterocycles. The number of fused-ring (bicyclic) bond motifs is 1. The lowest BCUT2D eigenvalue weighted by Crippen LogP contribution is -2.03. The predicted molar refractivity (Wildman–Crippen MR) is 131 cm³/mol. The lowest BCUT2D eigenvalue weighted by molar-refractivity contribution is 0.396. The number of methoxy groups -OCH3 is 1. The minimum absolute atomic E-state index is 0.163. The second-order valence-corrected chi connectivity index (χ2v) is 8.35. The number of nitrogens with one attached hydrogen (secondary N) is 1. The van der Waals surface area contributed by atoms with Crippen molar-refractivity contribution in [2.24, 2.45) is 0 Å². The maximum absolute atomic E-state index is 13.5. The summed E-state index contributed by atoms with van der Waals surface area (Å²) in [4.78, 5) is 13.9. The van der Waals surface area contributed by atoms with E-state index in [4.69, 9.17) is 9.72 Å². The molecule has 5 rings (SSSR count). The van der Waals surface area contributed by atoms with Crippen molar-refractivity contribution in [2.75, 3.05) is 12.4 Å². The number of hydrogen-bond donors (Lipinski definition) is 1. The molecule has 172 valence electrons. The van der Waals surface area contributed by atoms with E-state index in [0.717, 1.165) is 39.5 Å². The number of rotatable bonds is 6. The van der Waals surface area contributed by atoms with Crippen LogP contribution in [0.1, 0.15) is 25.6 Å². The molecular formula is C26H25FN6O. The van der Waals surface area contributed by atoms with Crippen LogP contribution in [0.5, 0.6) is 5.88 Å².